The number of nitrogens with zero attached hydrogens (tertiary/aromatic N) is 2. The van der Waals surface area contributed by atoms with Crippen LogP contribution in [-0.2, 0) is 4.79 Å². The number of hydrogen-bond acceptors (Lipinski definition) is 5. The number of fused-ring (bicyclic) bond motifs is 2. The molecule has 7 heteroatoms. The van der Waals surface area contributed by atoms with E-state index in [9.17, 15) is 9.59 Å². The molecule has 1 aliphatic rings. The summed E-state index contributed by atoms with van der Waals surface area (Å²) in [5, 5.41) is 10.4. The molecule has 0 aliphatic carbocycles. The van der Waals surface area contributed by atoms with Crippen LogP contribution in [0.5, 0.6) is 0 Å². The van der Waals surface area contributed by atoms with Crippen LogP contribution >= 0.6 is 11.8 Å². The van der Waals surface area contributed by atoms with Gasteiger partial charge in [-0.15, -0.1) is 0 Å². The Morgan fingerprint density at radius 3 is 3.00 bits per heavy atom. The lowest BCUT2D eigenvalue weighted by atomic mass is 10.2. The number of benzene rings is 1. The first-order valence-electron chi connectivity index (χ1n) is 7.09. The molecule has 116 valence electrons. The minimum Gasteiger partial charge on any atom is -0.481 e. The first-order chi connectivity index (χ1) is 11.1. The predicted octanol–water partition coefficient (Wildman–Crippen LogP) is 2.78. The summed E-state index contributed by atoms with van der Waals surface area (Å²) in [5.41, 5.74) is 0.962. The molecule has 3 aromatic rings. The maximum Gasteiger partial charge on any atom is 0.305 e. The molecule has 4 rings (SSSR count). The molecular weight excluding hydrogens is 316 g/mol. The standard InChI is InChI=1S/C16H12N2O4S/c19-14-7-11(13-5-9-3-1-2-4-12(9)22-13)17-16-18(14)10(8-23-16)6-15(20)21/h1-5,7,10H,6,8H2,(H,20,21). The Hall–Kier alpha value is -2.54. The number of aliphatic carboxylic acids is 1. The number of aromatic nitrogens is 2. The zero-order valence-electron chi connectivity index (χ0n) is 11.9. The van der Waals surface area contributed by atoms with Gasteiger partial charge in [0.15, 0.2) is 10.9 Å². The molecule has 1 N–H and O–H groups in total. The SMILES string of the molecule is O=C(O)CC1CSc2nc(-c3cc4ccccc4o3)cc(=O)n21. The molecule has 0 fully saturated rings. The number of thioether (sulfide) groups is 1. The molecule has 1 atom stereocenters. The van der Waals surface area contributed by atoms with Gasteiger partial charge in [0.1, 0.15) is 11.3 Å². The van der Waals surface area contributed by atoms with E-state index in [4.69, 9.17) is 9.52 Å². The molecular formula is C16H12N2O4S. The van der Waals surface area contributed by atoms with Gasteiger partial charge in [-0.2, -0.15) is 0 Å². The molecule has 1 aromatic carbocycles. The van der Waals surface area contributed by atoms with Crippen LogP contribution in [0.3, 0.4) is 0 Å². The summed E-state index contributed by atoms with van der Waals surface area (Å²) in [5.74, 6) is 0.156. The van der Waals surface area contributed by atoms with E-state index in [-0.39, 0.29) is 18.0 Å². The van der Waals surface area contributed by atoms with E-state index < -0.39 is 5.97 Å². The third kappa shape index (κ3) is 2.43. The molecule has 3 heterocycles. The lowest BCUT2D eigenvalue weighted by molar-refractivity contribution is -0.137. The van der Waals surface area contributed by atoms with Gasteiger partial charge in [0.25, 0.3) is 5.56 Å². The zero-order valence-corrected chi connectivity index (χ0v) is 12.7. The first kappa shape index (κ1) is 14.1. The third-order valence-corrected chi connectivity index (χ3v) is 4.88. The van der Waals surface area contributed by atoms with Gasteiger partial charge < -0.3 is 9.52 Å². The van der Waals surface area contributed by atoms with Crippen molar-refractivity contribution in [2.24, 2.45) is 0 Å². The largest absolute Gasteiger partial charge is 0.481 e. The highest BCUT2D eigenvalue weighted by molar-refractivity contribution is 7.99. The number of furan rings is 1. The van der Waals surface area contributed by atoms with Crippen molar-refractivity contribution in [3.05, 3.63) is 46.8 Å². The molecule has 0 radical (unpaired) electrons. The van der Waals surface area contributed by atoms with Crippen LogP contribution < -0.4 is 5.56 Å². The molecule has 1 aliphatic heterocycles. The van der Waals surface area contributed by atoms with E-state index in [0.717, 1.165) is 11.0 Å². The molecule has 23 heavy (non-hydrogen) atoms. The van der Waals surface area contributed by atoms with E-state index >= 15 is 0 Å². The van der Waals surface area contributed by atoms with Gasteiger partial charge in [0.2, 0.25) is 0 Å². The number of carbonyl (C=O) groups is 1. The van der Waals surface area contributed by atoms with E-state index in [1.807, 2.05) is 30.3 Å². The van der Waals surface area contributed by atoms with Crippen LogP contribution in [0.2, 0.25) is 0 Å². The summed E-state index contributed by atoms with van der Waals surface area (Å²) in [6.07, 6.45) is -0.0778. The fourth-order valence-corrected chi connectivity index (χ4v) is 3.89. The molecule has 0 saturated heterocycles. The van der Waals surface area contributed by atoms with Crippen molar-refractivity contribution >= 4 is 28.7 Å². The van der Waals surface area contributed by atoms with Crippen LogP contribution in [0.15, 0.2) is 50.8 Å². The van der Waals surface area contributed by atoms with Crippen molar-refractivity contribution in [3.63, 3.8) is 0 Å². The van der Waals surface area contributed by atoms with Gasteiger partial charge in [0, 0.05) is 17.2 Å². The summed E-state index contributed by atoms with van der Waals surface area (Å²) in [4.78, 5) is 27.8. The molecule has 1 unspecified atom stereocenters. The Balaban J connectivity index is 1.79. The molecule has 0 spiro atoms. The molecule has 0 saturated carbocycles. The minimum absolute atomic E-state index is 0.0778. The minimum atomic E-state index is -0.920. The van der Waals surface area contributed by atoms with Crippen LogP contribution in [0.25, 0.3) is 22.4 Å². The number of rotatable bonds is 3. The van der Waals surface area contributed by atoms with Crippen molar-refractivity contribution < 1.29 is 14.3 Å². The predicted molar refractivity (Wildman–Crippen MR) is 85.7 cm³/mol. The van der Waals surface area contributed by atoms with Crippen LogP contribution in [0.4, 0.5) is 0 Å². The first-order valence-corrected chi connectivity index (χ1v) is 8.07. The lowest BCUT2D eigenvalue weighted by Crippen LogP contribution is -2.25. The highest BCUT2D eigenvalue weighted by Crippen LogP contribution is 2.34. The van der Waals surface area contributed by atoms with Gasteiger partial charge in [-0.3, -0.25) is 14.2 Å². The topological polar surface area (TPSA) is 85.3 Å². The number of para-hydroxylation sites is 1. The maximum atomic E-state index is 12.4. The van der Waals surface area contributed by atoms with E-state index in [2.05, 4.69) is 4.98 Å². The van der Waals surface area contributed by atoms with E-state index in [0.29, 0.717) is 22.4 Å². The van der Waals surface area contributed by atoms with Crippen LogP contribution in [-0.4, -0.2) is 26.4 Å². The molecule has 0 bridgehead atoms. The van der Waals surface area contributed by atoms with Crippen molar-refractivity contribution in [3.8, 4) is 11.5 Å². The smallest absolute Gasteiger partial charge is 0.305 e. The van der Waals surface area contributed by atoms with Crippen LogP contribution in [0, 0.1) is 0 Å². The Morgan fingerprint density at radius 2 is 2.22 bits per heavy atom. The Bertz CT molecular complexity index is 943. The average molecular weight is 328 g/mol. The summed E-state index contributed by atoms with van der Waals surface area (Å²) in [7, 11) is 0. The molecule has 6 nitrogen and oxygen atoms in total. The maximum absolute atomic E-state index is 12.4. The Morgan fingerprint density at radius 1 is 1.39 bits per heavy atom. The second-order valence-corrected chi connectivity index (χ2v) is 6.33. The van der Waals surface area contributed by atoms with Gasteiger partial charge in [-0.05, 0) is 12.1 Å². The van der Waals surface area contributed by atoms with E-state index in [1.165, 1.54) is 22.4 Å². The number of carboxylic acid groups (broad SMARTS) is 1. The van der Waals surface area contributed by atoms with Crippen molar-refractivity contribution in [2.45, 2.75) is 17.6 Å². The molecule has 0 amide bonds. The number of hydrogen-bond donors (Lipinski definition) is 1. The van der Waals surface area contributed by atoms with Crippen molar-refractivity contribution in [2.75, 3.05) is 5.75 Å². The summed E-state index contributed by atoms with van der Waals surface area (Å²) in [6.45, 7) is 0. The summed E-state index contributed by atoms with van der Waals surface area (Å²) >= 11 is 1.39. The van der Waals surface area contributed by atoms with Gasteiger partial charge in [-0.1, -0.05) is 30.0 Å². The third-order valence-electron chi connectivity index (χ3n) is 3.78. The number of carboxylic acids is 1. The second-order valence-electron chi connectivity index (χ2n) is 5.34. The quantitative estimate of drug-likeness (QED) is 0.744. The van der Waals surface area contributed by atoms with Crippen molar-refractivity contribution in [1.29, 1.82) is 0 Å². The van der Waals surface area contributed by atoms with Crippen molar-refractivity contribution in [1.82, 2.24) is 9.55 Å². The van der Waals surface area contributed by atoms with Crippen LogP contribution in [0.1, 0.15) is 12.5 Å². The average Bonchev–Trinajstić information content (AvgIpc) is 3.11. The summed E-state index contributed by atoms with van der Waals surface area (Å²) in [6, 6.07) is 10.5. The highest BCUT2D eigenvalue weighted by atomic mass is 32.2. The monoisotopic (exact) mass is 328 g/mol. The zero-order chi connectivity index (χ0) is 16.0. The Kier molecular flexibility index (Phi) is 3.23. The fraction of sp³-hybridized carbons (Fsp3) is 0.188. The van der Waals surface area contributed by atoms with Gasteiger partial charge in [0.05, 0.1) is 12.5 Å². The fourth-order valence-electron chi connectivity index (χ4n) is 2.74. The normalized spacial score (nSPS) is 16.6. The van der Waals surface area contributed by atoms with Gasteiger partial charge >= 0.3 is 5.97 Å². The second kappa shape index (κ2) is 5.27. The summed E-state index contributed by atoms with van der Waals surface area (Å²) < 4.78 is 7.21. The highest BCUT2D eigenvalue weighted by Gasteiger charge is 2.28. The lowest BCUT2D eigenvalue weighted by Gasteiger charge is -2.10. The van der Waals surface area contributed by atoms with E-state index in [1.54, 1.807) is 0 Å². The molecule has 2 aromatic heterocycles. The van der Waals surface area contributed by atoms with Gasteiger partial charge in [-0.25, -0.2) is 4.98 Å². The Labute approximate surface area is 134 Å².